The highest BCUT2D eigenvalue weighted by molar-refractivity contribution is 5.87. The molecule has 1 N–H and O–H groups in total. The molecule has 1 atom stereocenters. The van der Waals surface area contributed by atoms with Gasteiger partial charge in [0.2, 0.25) is 5.91 Å². The lowest BCUT2D eigenvalue weighted by Crippen LogP contribution is -2.27. The number of nitrogens with zero attached hydrogens (tertiary/aromatic N) is 3. The summed E-state index contributed by atoms with van der Waals surface area (Å²) in [6.45, 7) is 0.947. The second-order valence-electron chi connectivity index (χ2n) is 9.39. The maximum absolute atomic E-state index is 13.5. The number of nitro groups is 1. The predicted molar refractivity (Wildman–Crippen MR) is 148 cm³/mol. The summed E-state index contributed by atoms with van der Waals surface area (Å²) < 4.78 is 15.5. The first-order valence-corrected chi connectivity index (χ1v) is 12.7. The van der Waals surface area contributed by atoms with Crippen molar-refractivity contribution in [2.45, 2.75) is 25.3 Å². The minimum absolute atomic E-state index is 0.0249. The fraction of sp³-hybridized carbons (Fsp3) is 0.161. The van der Waals surface area contributed by atoms with Gasteiger partial charge in [0.15, 0.2) is 0 Å². The summed E-state index contributed by atoms with van der Waals surface area (Å²) in [6, 6.07) is 26.4. The molecule has 0 aliphatic carbocycles. The molecule has 0 bridgehead atoms. The van der Waals surface area contributed by atoms with Crippen molar-refractivity contribution in [3.8, 4) is 0 Å². The van der Waals surface area contributed by atoms with E-state index in [1.54, 1.807) is 24.4 Å². The Bertz CT molecular complexity index is 1600. The van der Waals surface area contributed by atoms with Crippen LogP contribution >= 0.6 is 0 Å². The van der Waals surface area contributed by atoms with Crippen LogP contribution in [0.15, 0.2) is 103 Å². The molecule has 0 saturated carbocycles. The van der Waals surface area contributed by atoms with Gasteiger partial charge >= 0.3 is 0 Å². The van der Waals surface area contributed by atoms with E-state index in [2.05, 4.69) is 14.9 Å². The minimum Gasteiger partial charge on any atom is -0.356 e. The number of hydrogen-bond acceptors (Lipinski definition) is 4. The first-order valence-electron chi connectivity index (χ1n) is 12.7. The number of carbonyl (C=O) groups excluding carboxylic acids is 1. The number of non-ortho nitro benzene ring substituents is 1. The average molecular weight is 523 g/mol. The van der Waals surface area contributed by atoms with Gasteiger partial charge in [-0.05, 0) is 47.0 Å². The van der Waals surface area contributed by atoms with E-state index >= 15 is 0 Å². The average Bonchev–Trinajstić information content (AvgIpc) is 3.31. The van der Waals surface area contributed by atoms with E-state index < -0.39 is 10.8 Å². The Kier molecular flexibility index (Phi) is 7.73. The van der Waals surface area contributed by atoms with E-state index in [0.29, 0.717) is 25.1 Å². The number of carbonyl (C=O) groups is 1. The molecule has 2 heterocycles. The smallest absolute Gasteiger partial charge is 0.269 e. The molecule has 0 radical (unpaired) electrons. The topological polar surface area (TPSA) is 90.1 Å². The van der Waals surface area contributed by atoms with Crippen LogP contribution in [0, 0.1) is 15.9 Å². The minimum atomic E-state index is -0.425. The number of benzene rings is 3. The van der Waals surface area contributed by atoms with Gasteiger partial charge < -0.3 is 9.88 Å². The summed E-state index contributed by atoms with van der Waals surface area (Å²) in [5.41, 5.74) is 4.34. The third-order valence-corrected chi connectivity index (χ3v) is 6.76. The van der Waals surface area contributed by atoms with Crippen molar-refractivity contribution in [2.24, 2.45) is 0 Å². The molecule has 5 rings (SSSR count). The monoisotopic (exact) mass is 522 g/mol. The van der Waals surface area contributed by atoms with Crippen LogP contribution in [0.2, 0.25) is 0 Å². The molecule has 7 nitrogen and oxygen atoms in total. The van der Waals surface area contributed by atoms with Gasteiger partial charge in [-0.2, -0.15) is 0 Å². The van der Waals surface area contributed by atoms with Crippen molar-refractivity contribution in [1.82, 2.24) is 14.9 Å². The van der Waals surface area contributed by atoms with Gasteiger partial charge in [0, 0.05) is 73.0 Å². The van der Waals surface area contributed by atoms with Crippen LogP contribution in [-0.4, -0.2) is 26.9 Å². The van der Waals surface area contributed by atoms with Crippen molar-refractivity contribution in [3.05, 3.63) is 142 Å². The van der Waals surface area contributed by atoms with Crippen molar-refractivity contribution < 1.29 is 14.1 Å². The van der Waals surface area contributed by atoms with Crippen LogP contribution in [0.25, 0.3) is 10.9 Å². The molecule has 3 aromatic carbocycles. The van der Waals surface area contributed by atoms with Crippen molar-refractivity contribution in [3.63, 3.8) is 0 Å². The number of nitrogens with one attached hydrogen (secondary N) is 1. The highest BCUT2D eigenvalue weighted by Gasteiger charge is 2.24. The Morgan fingerprint density at radius 3 is 2.56 bits per heavy atom. The zero-order valence-corrected chi connectivity index (χ0v) is 21.2. The molecule has 8 heteroatoms. The summed E-state index contributed by atoms with van der Waals surface area (Å²) in [6.07, 6.45) is 4.44. The van der Waals surface area contributed by atoms with Crippen LogP contribution in [-0.2, 0) is 17.8 Å². The maximum atomic E-state index is 13.5. The van der Waals surface area contributed by atoms with E-state index in [4.69, 9.17) is 0 Å². The number of para-hydroxylation sites is 1. The summed E-state index contributed by atoms with van der Waals surface area (Å²) in [5.74, 6) is -0.867. The maximum Gasteiger partial charge on any atom is 0.269 e. The van der Waals surface area contributed by atoms with Gasteiger partial charge in [-0.1, -0.05) is 48.5 Å². The first-order chi connectivity index (χ1) is 19.0. The number of halogens is 1. The molecule has 0 spiro atoms. The van der Waals surface area contributed by atoms with E-state index in [1.165, 1.54) is 24.3 Å². The zero-order chi connectivity index (χ0) is 27.2. The number of hydrogen-bond donors (Lipinski definition) is 1. The van der Waals surface area contributed by atoms with E-state index in [0.717, 1.165) is 27.7 Å². The van der Waals surface area contributed by atoms with Gasteiger partial charge in [-0.3, -0.25) is 19.9 Å². The van der Waals surface area contributed by atoms with E-state index in [-0.39, 0.29) is 23.8 Å². The molecule has 5 aromatic rings. The molecular weight excluding hydrogens is 495 g/mol. The molecule has 0 fully saturated rings. The van der Waals surface area contributed by atoms with E-state index in [9.17, 15) is 19.3 Å². The third kappa shape index (κ3) is 6.18. The van der Waals surface area contributed by atoms with Gasteiger partial charge in [0.25, 0.3) is 5.69 Å². The molecule has 1 amide bonds. The molecule has 196 valence electrons. The normalized spacial score (nSPS) is 11.8. The summed E-state index contributed by atoms with van der Waals surface area (Å²) >= 11 is 0. The summed E-state index contributed by atoms with van der Waals surface area (Å²) in [7, 11) is 0. The Morgan fingerprint density at radius 1 is 1.00 bits per heavy atom. The van der Waals surface area contributed by atoms with Crippen LogP contribution in [0.4, 0.5) is 10.1 Å². The molecule has 0 saturated heterocycles. The fourth-order valence-electron chi connectivity index (χ4n) is 4.87. The third-order valence-electron chi connectivity index (χ3n) is 6.76. The summed E-state index contributed by atoms with van der Waals surface area (Å²) in [4.78, 5) is 28.6. The molecule has 39 heavy (non-hydrogen) atoms. The lowest BCUT2D eigenvalue weighted by molar-refractivity contribution is -0.384. The van der Waals surface area contributed by atoms with Crippen LogP contribution in [0.3, 0.4) is 0 Å². The Morgan fingerprint density at radius 2 is 1.79 bits per heavy atom. The van der Waals surface area contributed by atoms with Crippen LogP contribution in [0.1, 0.15) is 34.7 Å². The van der Waals surface area contributed by atoms with Crippen LogP contribution < -0.4 is 5.32 Å². The molecule has 2 aromatic heterocycles. The lowest BCUT2D eigenvalue weighted by Gasteiger charge is -2.17. The van der Waals surface area contributed by atoms with Crippen molar-refractivity contribution in [2.75, 3.05) is 6.54 Å². The Balaban J connectivity index is 1.48. The standard InChI is InChI=1S/C31H27FN4O3/c32-24-13-11-22(12-14-24)20-35-21-29(27-9-1-2-10-30(27)35)28(23-6-5-8-26(18-23)36(38)39)19-31(37)34-17-15-25-7-3-4-16-33-25/h1-14,16,18,21,28H,15,17,19-20H2,(H,34,37)/t28-/m0/s1. The molecular formula is C31H27FN4O3. The van der Waals surface area contributed by atoms with Gasteiger partial charge in [-0.25, -0.2) is 4.39 Å². The SMILES string of the molecule is O=C(C[C@@H](c1cccc([N+](=O)[O-])c1)c1cn(Cc2ccc(F)cc2)c2ccccc12)NCCc1ccccn1. The second-order valence-corrected chi connectivity index (χ2v) is 9.39. The van der Waals surface area contributed by atoms with Gasteiger partial charge in [0.1, 0.15) is 5.82 Å². The lowest BCUT2D eigenvalue weighted by atomic mass is 9.87. The molecule has 0 aliphatic rings. The van der Waals surface area contributed by atoms with Gasteiger partial charge in [-0.15, -0.1) is 0 Å². The number of fused-ring (bicyclic) bond motifs is 1. The number of pyridine rings is 1. The highest BCUT2D eigenvalue weighted by Crippen LogP contribution is 2.36. The number of rotatable bonds is 10. The number of aromatic nitrogens is 2. The zero-order valence-electron chi connectivity index (χ0n) is 21.2. The Hall–Kier alpha value is -4.85. The molecule has 0 unspecified atom stereocenters. The quantitative estimate of drug-likeness (QED) is 0.180. The van der Waals surface area contributed by atoms with Crippen molar-refractivity contribution >= 4 is 22.5 Å². The Labute approximate surface area is 225 Å². The largest absolute Gasteiger partial charge is 0.356 e. The molecule has 0 aliphatic heterocycles. The highest BCUT2D eigenvalue weighted by atomic mass is 19.1. The first kappa shape index (κ1) is 25.8. The number of amides is 1. The van der Waals surface area contributed by atoms with Gasteiger partial charge in [0.05, 0.1) is 4.92 Å². The second kappa shape index (κ2) is 11.7. The van der Waals surface area contributed by atoms with Crippen molar-refractivity contribution in [1.29, 1.82) is 0 Å². The summed E-state index contributed by atoms with van der Waals surface area (Å²) in [5, 5.41) is 15.5. The predicted octanol–water partition coefficient (Wildman–Crippen LogP) is 6.01. The van der Waals surface area contributed by atoms with E-state index in [1.807, 2.05) is 54.7 Å². The fourth-order valence-corrected chi connectivity index (χ4v) is 4.87. The van der Waals surface area contributed by atoms with Crippen LogP contribution in [0.5, 0.6) is 0 Å². The number of nitro benzene ring substituents is 1.